The van der Waals surface area contributed by atoms with Crippen molar-refractivity contribution in [3.05, 3.63) is 28.2 Å². The van der Waals surface area contributed by atoms with Crippen LogP contribution in [0.1, 0.15) is 17.3 Å². The predicted octanol–water partition coefficient (Wildman–Crippen LogP) is 1.68. The summed E-state index contributed by atoms with van der Waals surface area (Å²) in [5.74, 6) is -1.04. The van der Waals surface area contributed by atoms with E-state index in [2.05, 4.69) is 21.2 Å². The van der Waals surface area contributed by atoms with E-state index in [9.17, 15) is 9.59 Å². The van der Waals surface area contributed by atoms with Crippen LogP contribution in [-0.2, 0) is 9.53 Å². The molecule has 1 atom stereocenters. The molecule has 20 heavy (non-hydrogen) atoms. The molecule has 1 rings (SSSR count). The van der Waals surface area contributed by atoms with Crippen LogP contribution in [0.4, 0.5) is 0 Å². The Morgan fingerprint density at radius 2 is 2.15 bits per heavy atom. The summed E-state index contributed by atoms with van der Waals surface area (Å²) in [5, 5.41) is 11.6. The maximum Gasteiger partial charge on any atom is 0.336 e. The number of carboxylic acids is 1. The molecule has 1 aromatic carbocycles. The minimum atomic E-state index is -1.07. The zero-order valence-electron chi connectivity index (χ0n) is 11.2. The number of methoxy groups -OCH3 is 1. The molecule has 0 bridgehead atoms. The normalized spacial score (nSPS) is 11.8. The number of carboxylic acid groups (broad SMARTS) is 1. The van der Waals surface area contributed by atoms with Gasteiger partial charge < -0.3 is 19.9 Å². The third-order valence-corrected chi connectivity index (χ3v) is 3.15. The lowest BCUT2D eigenvalue weighted by Crippen LogP contribution is -2.37. The van der Waals surface area contributed by atoms with E-state index in [1.54, 1.807) is 26.2 Å². The first-order chi connectivity index (χ1) is 9.45. The molecule has 1 aromatic rings. The fraction of sp³-hybridized carbons (Fsp3) is 0.385. The van der Waals surface area contributed by atoms with E-state index in [0.29, 0.717) is 23.4 Å². The maximum atomic E-state index is 11.7. The number of ether oxygens (including phenoxy) is 2. The Bertz CT molecular complexity index is 492. The van der Waals surface area contributed by atoms with E-state index >= 15 is 0 Å². The Balaban J connectivity index is 2.66. The Hall–Kier alpha value is -1.60. The third-order valence-electron chi connectivity index (χ3n) is 2.46. The van der Waals surface area contributed by atoms with Gasteiger partial charge >= 0.3 is 5.97 Å². The van der Waals surface area contributed by atoms with E-state index in [4.69, 9.17) is 14.6 Å². The van der Waals surface area contributed by atoms with E-state index in [-0.39, 0.29) is 11.5 Å². The van der Waals surface area contributed by atoms with Crippen LogP contribution in [0.15, 0.2) is 22.7 Å². The molecular weight excluding hydrogens is 330 g/mol. The van der Waals surface area contributed by atoms with Crippen molar-refractivity contribution in [3.63, 3.8) is 0 Å². The molecular formula is C13H16BrNO5. The molecule has 1 amide bonds. The van der Waals surface area contributed by atoms with Crippen LogP contribution in [0, 0.1) is 0 Å². The lowest BCUT2D eigenvalue weighted by atomic mass is 10.2. The minimum absolute atomic E-state index is 0.0782. The van der Waals surface area contributed by atoms with Gasteiger partial charge in [-0.3, -0.25) is 4.79 Å². The molecule has 0 radical (unpaired) electrons. The third kappa shape index (κ3) is 4.82. The van der Waals surface area contributed by atoms with E-state index in [0.717, 1.165) is 0 Å². The van der Waals surface area contributed by atoms with Gasteiger partial charge in [0.2, 0.25) is 0 Å². The standard InChI is InChI=1S/C13H16BrNO5/c1-8(12(16)15-5-6-19-2)20-9-3-4-11(14)10(7-9)13(17)18/h3-4,7-8H,5-6H2,1-2H3,(H,15,16)(H,17,18). The lowest BCUT2D eigenvalue weighted by molar-refractivity contribution is -0.127. The molecule has 0 aliphatic rings. The second-order valence-corrected chi connectivity index (χ2v) is 4.85. The second kappa shape index (κ2) is 7.86. The summed E-state index contributed by atoms with van der Waals surface area (Å²) in [6.45, 7) is 2.40. The van der Waals surface area contributed by atoms with Gasteiger partial charge in [0.25, 0.3) is 5.91 Å². The lowest BCUT2D eigenvalue weighted by Gasteiger charge is -2.15. The van der Waals surface area contributed by atoms with E-state index < -0.39 is 12.1 Å². The van der Waals surface area contributed by atoms with E-state index in [1.807, 2.05) is 0 Å². The molecule has 0 saturated carbocycles. The minimum Gasteiger partial charge on any atom is -0.481 e. The fourth-order valence-electron chi connectivity index (χ4n) is 1.42. The van der Waals surface area contributed by atoms with Crippen molar-refractivity contribution >= 4 is 27.8 Å². The van der Waals surface area contributed by atoms with Crippen LogP contribution in [0.25, 0.3) is 0 Å². The number of hydrogen-bond donors (Lipinski definition) is 2. The van der Waals surface area contributed by atoms with Gasteiger partial charge in [-0.2, -0.15) is 0 Å². The zero-order valence-corrected chi connectivity index (χ0v) is 12.8. The van der Waals surface area contributed by atoms with Crippen molar-refractivity contribution in [2.24, 2.45) is 0 Å². The van der Waals surface area contributed by atoms with Crippen LogP contribution in [0.5, 0.6) is 5.75 Å². The quantitative estimate of drug-likeness (QED) is 0.734. The highest BCUT2D eigenvalue weighted by Crippen LogP contribution is 2.23. The van der Waals surface area contributed by atoms with Crippen molar-refractivity contribution in [2.75, 3.05) is 20.3 Å². The predicted molar refractivity (Wildman–Crippen MR) is 76.1 cm³/mol. The molecule has 2 N–H and O–H groups in total. The summed E-state index contributed by atoms with van der Waals surface area (Å²) < 4.78 is 10.7. The topological polar surface area (TPSA) is 84.9 Å². The first-order valence-corrected chi connectivity index (χ1v) is 6.71. The van der Waals surface area contributed by atoms with Gasteiger partial charge in [-0.25, -0.2) is 4.79 Å². The van der Waals surface area contributed by atoms with Gasteiger partial charge in [0, 0.05) is 18.1 Å². The first-order valence-electron chi connectivity index (χ1n) is 5.92. The smallest absolute Gasteiger partial charge is 0.336 e. The number of amides is 1. The number of carbonyl (C=O) groups is 2. The average molecular weight is 346 g/mol. The number of benzene rings is 1. The van der Waals surface area contributed by atoms with Gasteiger partial charge in [-0.1, -0.05) is 0 Å². The molecule has 0 saturated heterocycles. The van der Waals surface area contributed by atoms with Crippen LogP contribution in [0.3, 0.4) is 0 Å². The number of nitrogens with one attached hydrogen (secondary N) is 1. The van der Waals surface area contributed by atoms with Crippen LogP contribution >= 0.6 is 15.9 Å². The molecule has 7 heteroatoms. The Morgan fingerprint density at radius 3 is 2.75 bits per heavy atom. The highest BCUT2D eigenvalue weighted by Gasteiger charge is 2.16. The molecule has 6 nitrogen and oxygen atoms in total. The van der Waals surface area contributed by atoms with Crippen molar-refractivity contribution in [1.82, 2.24) is 5.32 Å². The van der Waals surface area contributed by atoms with Crippen LogP contribution in [0.2, 0.25) is 0 Å². The molecule has 0 spiro atoms. The highest BCUT2D eigenvalue weighted by atomic mass is 79.9. The number of aromatic carboxylic acids is 1. The van der Waals surface area contributed by atoms with Gasteiger partial charge in [0.05, 0.1) is 12.2 Å². The molecule has 0 fully saturated rings. The van der Waals surface area contributed by atoms with E-state index in [1.165, 1.54) is 6.07 Å². The van der Waals surface area contributed by atoms with Crippen molar-refractivity contribution < 1.29 is 24.2 Å². The van der Waals surface area contributed by atoms with Gasteiger partial charge in [-0.15, -0.1) is 0 Å². The summed E-state index contributed by atoms with van der Waals surface area (Å²) in [7, 11) is 1.54. The van der Waals surface area contributed by atoms with Crippen molar-refractivity contribution in [3.8, 4) is 5.75 Å². The monoisotopic (exact) mass is 345 g/mol. The molecule has 0 aliphatic heterocycles. The summed E-state index contributed by atoms with van der Waals surface area (Å²) in [6.07, 6.45) is -0.727. The van der Waals surface area contributed by atoms with Crippen molar-refractivity contribution in [1.29, 1.82) is 0 Å². The Labute approximate surface area is 125 Å². The summed E-state index contributed by atoms with van der Waals surface area (Å²) in [6, 6.07) is 4.52. The van der Waals surface area contributed by atoms with Crippen molar-refractivity contribution in [2.45, 2.75) is 13.0 Å². The van der Waals surface area contributed by atoms with Crippen LogP contribution in [-0.4, -0.2) is 43.3 Å². The number of rotatable bonds is 7. The Kier molecular flexibility index (Phi) is 6.47. The molecule has 0 aromatic heterocycles. The molecule has 1 unspecified atom stereocenters. The van der Waals surface area contributed by atoms with Gasteiger partial charge in [0.1, 0.15) is 5.75 Å². The molecule has 0 aliphatic carbocycles. The summed E-state index contributed by atoms with van der Waals surface area (Å²) in [4.78, 5) is 22.7. The SMILES string of the molecule is COCCNC(=O)C(C)Oc1ccc(Br)c(C(=O)O)c1. The average Bonchev–Trinajstić information content (AvgIpc) is 2.40. The number of hydrogen-bond acceptors (Lipinski definition) is 4. The molecule has 110 valence electrons. The maximum absolute atomic E-state index is 11.7. The largest absolute Gasteiger partial charge is 0.481 e. The number of halogens is 1. The highest BCUT2D eigenvalue weighted by molar-refractivity contribution is 9.10. The van der Waals surface area contributed by atoms with Gasteiger partial charge in [0.15, 0.2) is 6.10 Å². The summed E-state index contributed by atoms with van der Waals surface area (Å²) in [5.41, 5.74) is 0.0782. The summed E-state index contributed by atoms with van der Waals surface area (Å²) >= 11 is 3.14. The van der Waals surface area contributed by atoms with Gasteiger partial charge in [-0.05, 0) is 41.1 Å². The fourth-order valence-corrected chi connectivity index (χ4v) is 1.84. The Morgan fingerprint density at radius 1 is 1.45 bits per heavy atom. The molecule has 0 heterocycles. The second-order valence-electron chi connectivity index (χ2n) is 3.99. The van der Waals surface area contributed by atoms with Crippen LogP contribution < -0.4 is 10.1 Å². The zero-order chi connectivity index (χ0) is 15.1. The number of carbonyl (C=O) groups excluding carboxylic acids is 1. The first kappa shape index (κ1) is 16.5.